The number of benzene rings is 3. The van der Waals surface area contributed by atoms with Gasteiger partial charge in [-0.2, -0.15) is 0 Å². The van der Waals surface area contributed by atoms with Crippen molar-refractivity contribution in [1.29, 1.82) is 0 Å². The first-order chi connectivity index (χ1) is 20.4. The first kappa shape index (κ1) is 27.4. The van der Waals surface area contributed by atoms with Crippen LogP contribution in [0.15, 0.2) is 72.8 Å². The number of aryl methyl sites for hydroxylation is 2. The van der Waals surface area contributed by atoms with Crippen LogP contribution in [0.3, 0.4) is 0 Å². The molecule has 1 aromatic heterocycles. The highest BCUT2D eigenvalue weighted by Gasteiger charge is 2.44. The topological polar surface area (TPSA) is 41.4 Å². The lowest BCUT2D eigenvalue weighted by Gasteiger charge is -2.45. The molecule has 3 aliphatic rings. The summed E-state index contributed by atoms with van der Waals surface area (Å²) in [4.78, 5) is 23.4. The lowest BCUT2D eigenvalue weighted by atomic mass is 9.70. The van der Waals surface area contributed by atoms with Gasteiger partial charge in [0.05, 0.1) is 11.0 Å². The van der Waals surface area contributed by atoms with E-state index in [0.717, 1.165) is 61.4 Å². The van der Waals surface area contributed by atoms with Crippen LogP contribution in [0.2, 0.25) is 0 Å². The van der Waals surface area contributed by atoms with Crippen LogP contribution < -0.4 is 0 Å². The molecule has 3 atom stereocenters. The van der Waals surface area contributed by atoms with Crippen LogP contribution >= 0.6 is 0 Å². The third-order valence-corrected chi connectivity index (χ3v) is 11.1. The number of hydrogen-bond acceptors (Lipinski definition) is 3. The number of carbonyl (C=O) groups is 1. The molecule has 218 valence electrons. The van der Waals surface area contributed by atoms with E-state index in [1.54, 1.807) is 0 Å². The van der Waals surface area contributed by atoms with Crippen molar-refractivity contribution in [3.8, 4) is 0 Å². The molecule has 0 radical (unpaired) electrons. The fraction of sp³-hybridized carbons (Fsp3) is 0.459. The van der Waals surface area contributed by atoms with Gasteiger partial charge in [0.15, 0.2) is 0 Å². The molecule has 3 aliphatic heterocycles. The molecule has 3 saturated heterocycles. The lowest BCUT2D eigenvalue weighted by molar-refractivity contribution is 0.0606. The normalized spacial score (nSPS) is 23.9. The van der Waals surface area contributed by atoms with Crippen molar-refractivity contribution >= 4 is 16.9 Å². The third-order valence-electron chi connectivity index (χ3n) is 11.1. The number of rotatable bonds is 6. The Kier molecular flexibility index (Phi) is 7.17. The molecule has 0 aliphatic carbocycles. The van der Waals surface area contributed by atoms with Gasteiger partial charge in [0, 0.05) is 36.8 Å². The molecule has 5 nitrogen and oxygen atoms in total. The molecule has 0 N–H and O–H groups in total. The summed E-state index contributed by atoms with van der Waals surface area (Å²) in [5.41, 5.74) is 7.14. The highest BCUT2D eigenvalue weighted by molar-refractivity contribution is 5.96. The largest absolute Gasteiger partial charge is 0.339 e. The van der Waals surface area contributed by atoms with Gasteiger partial charge in [0.2, 0.25) is 0 Å². The van der Waals surface area contributed by atoms with Crippen molar-refractivity contribution in [2.45, 2.75) is 89.3 Å². The maximum atomic E-state index is 13.6. The van der Waals surface area contributed by atoms with E-state index in [-0.39, 0.29) is 11.3 Å². The van der Waals surface area contributed by atoms with Gasteiger partial charge in [0.25, 0.3) is 5.91 Å². The molecule has 3 fully saturated rings. The van der Waals surface area contributed by atoms with E-state index in [4.69, 9.17) is 4.98 Å². The van der Waals surface area contributed by atoms with Crippen LogP contribution in [-0.4, -0.2) is 57.0 Å². The first-order valence-corrected chi connectivity index (χ1v) is 16.0. The Morgan fingerprint density at radius 3 is 2.26 bits per heavy atom. The molecule has 5 heteroatoms. The molecule has 4 aromatic rings. The summed E-state index contributed by atoms with van der Waals surface area (Å²) in [5, 5.41) is 0. The van der Waals surface area contributed by atoms with Crippen molar-refractivity contribution in [3.63, 3.8) is 0 Å². The van der Waals surface area contributed by atoms with Crippen molar-refractivity contribution in [2.24, 2.45) is 0 Å². The van der Waals surface area contributed by atoms with Crippen LogP contribution in [0.4, 0.5) is 0 Å². The number of nitrogens with zero attached hydrogens (tertiary/aromatic N) is 4. The third kappa shape index (κ3) is 4.76. The Bertz CT molecular complexity index is 1570. The fourth-order valence-corrected chi connectivity index (χ4v) is 8.56. The second kappa shape index (κ2) is 11.0. The highest BCUT2D eigenvalue weighted by atomic mass is 16.2. The smallest absolute Gasteiger partial charge is 0.254 e. The van der Waals surface area contributed by atoms with Gasteiger partial charge in [-0.25, -0.2) is 4.98 Å². The van der Waals surface area contributed by atoms with E-state index in [1.807, 2.05) is 12.1 Å². The first-order valence-electron chi connectivity index (χ1n) is 16.0. The van der Waals surface area contributed by atoms with Gasteiger partial charge in [-0.15, -0.1) is 0 Å². The molecule has 0 saturated carbocycles. The number of carbonyl (C=O) groups excluding carboxylic acids is 1. The monoisotopic (exact) mass is 560 g/mol. The molecule has 1 amide bonds. The molecule has 2 bridgehead atoms. The standard InChI is InChI=1S/C37H44N4O/c1-26-10-9-13-33(27(26)2)36(42)39-21-18-37(19-22-39,29-11-5-4-6-12-29)20-23-40-30-16-17-31(40)25-32(24-30)41-28(3)38-34-14-7-8-15-35(34)41/h4-15,30-32H,16-25H2,1-3H3/t30-,31+,32?. The van der Waals surface area contributed by atoms with Gasteiger partial charge >= 0.3 is 0 Å². The molecular formula is C37H44N4O. The zero-order chi connectivity index (χ0) is 28.8. The zero-order valence-corrected chi connectivity index (χ0v) is 25.4. The Balaban J connectivity index is 1.07. The van der Waals surface area contributed by atoms with Crippen molar-refractivity contribution < 1.29 is 4.79 Å². The summed E-state index contributed by atoms with van der Waals surface area (Å²) >= 11 is 0. The highest BCUT2D eigenvalue weighted by Crippen LogP contribution is 2.45. The quantitative estimate of drug-likeness (QED) is 0.247. The Morgan fingerprint density at radius 2 is 1.52 bits per heavy atom. The number of amides is 1. The molecule has 4 heterocycles. The number of imidazole rings is 1. The van der Waals surface area contributed by atoms with Crippen molar-refractivity contribution in [3.05, 3.63) is 101 Å². The predicted molar refractivity (Wildman–Crippen MR) is 170 cm³/mol. The minimum absolute atomic E-state index is 0.118. The molecular weight excluding hydrogens is 516 g/mol. The number of piperidine rings is 2. The molecule has 3 aromatic carbocycles. The maximum Gasteiger partial charge on any atom is 0.254 e. The fourth-order valence-electron chi connectivity index (χ4n) is 8.56. The predicted octanol–water partition coefficient (Wildman–Crippen LogP) is 7.39. The molecule has 0 spiro atoms. The summed E-state index contributed by atoms with van der Waals surface area (Å²) in [5.74, 6) is 1.35. The second-order valence-corrected chi connectivity index (χ2v) is 13.2. The molecule has 42 heavy (non-hydrogen) atoms. The van der Waals surface area contributed by atoms with E-state index in [1.165, 1.54) is 42.3 Å². The summed E-state index contributed by atoms with van der Waals surface area (Å²) in [6.07, 6.45) is 8.27. The van der Waals surface area contributed by atoms with E-state index in [9.17, 15) is 4.79 Å². The summed E-state index contributed by atoms with van der Waals surface area (Å²) in [7, 11) is 0. The van der Waals surface area contributed by atoms with Crippen molar-refractivity contribution in [1.82, 2.24) is 19.4 Å². The van der Waals surface area contributed by atoms with Gasteiger partial charge in [-0.1, -0.05) is 54.6 Å². The van der Waals surface area contributed by atoms with Gasteiger partial charge in [-0.3, -0.25) is 9.69 Å². The van der Waals surface area contributed by atoms with Crippen LogP contribution in [0, 0.1) is 20.8 Å². The second-order valence-electron chi connectivity index (χ2n) is 13.2. The van der Waals surface area contributed by atoms with Gasteiger partial charge in [-0.05, 0) is 113 Å². The van der Waals surface area contributed by atoms with E-state index >= 15 is 0 Å². The Labute approximate surface area is 250 Å². The summed E-state index contributed by atoms with van der Waals surface area (Å²) in [6, 6.07) is 27.7. The van der Waals surface area contributed by atoms with Crippen LogP contribution in [-0.2, 0) is 5.41 Å². The maximum absolute atomic E-state index is 13.6. The average Bonchev–Trinajstić information content (AvgIpc) is 3.48. The summed E-state index contributed by atoms with van der Waals surface area (Å²) in [6.45, 7) is 9.14. The average molecular weight is 561 g/mol. The van der Waals surface area contributed by atoms with Gasteiger partial charge in [0.1, 0.15) is 5.82 Å². The number of fused-ring (bicyclic) bond motifs is 3. The summed E-state index contributed by atoms with van der Waals surface area (Å²) < 4.78 is 2.53. The Hall–Kier alpha value is -3.44. The lowest BCUT2D eigenvalue weighted by Crippen LogP contribution is -2.49. The van der Waals surface area contributed by atoms with E-state index in [0.29, 0.717) is 18.1 Å². The van der Waals surface area contributed by atoms with Gasteiger partial charge < -0.3 is 9.47 Å². The zero-order valence-electron chi connectivity index (χ0n) is 25.4. The molecule has 7 rings (SSSR count). The van der Waals surface area contributed by atoms with E-state index < -0.39 is 0 Å². The number of hydrogen-bond donors (Lipinski definition) is 0. The molecule has 1 unspecified atom stereocenters. The number of para-hydroxylation sites is 2. The number of aromatic nitrogens is 2. The minimum atomic E-state index is 0.118. The van der Waals surface area contributed by atoms with Crippen molar-refractivity contribution in [2.75, 3.05) is 19.6 Å². The van der Waals surface area contributed by atoms with Crippen LogP contribution in [0.1, 0.15) is 83.9 Å². The minimum Gasteiger partial charge on any atom is -0.339 e. The van der Waals surface area contributed by atoms with E-state index in [2.05, 4.69) is 95.8 Å². The Morgan fingerprint density at radius 1 is 0.833 bits per heavy atom. The van der Waals surface area contributed by atoms with Crippen LogP contribution in [0.5, 0.6) is 0 Å². The SMILES string of the molecule is Cc1cccc(C(=O)N2CCC(CCN3[C@@H]4CC[C@H]3CC(n3c(C)nc5ccccc53)C4)(c3ccccc3)CC2)c1C. The van der Waals surface area contributed by atoms with Crippen LogP contribution in [0.25, 0.3) is 11.0 Å². The number of likely N-dealkylation sites (tertiary alicyclic amines) is 1.